The van der Waals surface area contributed by atoms with E-state index in [1.165, 1.54) is 24.8 Å². The van der Waals surface area contributed by atoms with Crippen molar-refractivity contribution in [3.8, 4) is 0 Å². The lowest BCUT2D eigenvalue weighted by Crippen LogP contribution is -2.47. The number of nitrogens with one attached hydrogen (secondary N) is 1. The van der Waals surface area contributed by atoms with E-state index in [4.69, 9.17) is 9.97 Å². The maximum absolute atomic E-state index is 5.05. The summed E-state index contributed by atoms with van der Waals surface area (Å²) >= 11 is 0. The maximum Gasteiger partial charge on any atom is 0.229 e. The molecule has 2 bridgehead atoms. The quantitative estimate of drug-likeness (QED) is 0.703. The molecule has 3 unspecified atom stereocenters. The van der Waals surface area contributed by atoms with Gasteiger partial charge < -0.3 is 15.1 Å². The normalized spacial score (nSPS) is 28.8. The summed E-state index contributed by atoms with van der Waals surface area (Å²) < 4.78 is 0. The molecule has 33 heavy (non-hydrogen) atoms. The molecule has 1 aliphatic heterocycles. The van der Waals surface area contributed by atoms with Gasteiger partial charge in [-0.2, -0.15) is 9.97 Å². The molecule has 3 fully saturated rings. The zero-order valence-electron chi connectivity index (χ0n) is 21.0. The summed E-state index contributed by atoms with van der Waals surface area (Å²) in [5, 5.41) is 3.90. The van der Waals surface area contributed by atoms with E-state index in [2.05, 4.69) is 91.3 Å². The van der Waals surface area contributed by atoms with E-state index in [0.29, 0.717) is 16.9 Å². The van der Waals surface area contributed by atoms with Gasteiger partial charge in [0.2, 0.25) is 5.95 Å². The van der Waals surface area contributed by atoms with Gasteiger partial charge in [0, 0.05) is 58.9 Å². The molecule has 0 amide bonds. The predicted octanol–water partition coefficient (Wildman–Crippen LogP) is 4.49. The second kappa shape index (κ2) is 8.46. The molecule has 1 aromatic heterocycles. The Bertz CT molecular complexity index is 961. The van der Waals surface area contributed by atoms with Crippen LogP contribution in [0.1, 0.15) is 45.6 Å². The summed E-state index contributed by atoms with van der Waals surface area (Å²) in [5.41, 5.74) is 2.03. The highest BCUT2D eigenvalue weighted by atomic mass is 15.3. The Morgan fingerprint density at radius 1 is 1.03 bits per heavy atom. The fraction of sp³-hybridized carbons (Fsp3) is 0.630. The third-order valence-electron chi connectivity index (χ3n) is 8.63. The van der Waals surface area contributed by atoms with Crippen molar-refractivity contribution in [2.45, 2.75) is 52.6 Å². The highest BCUT2D eigenvalue weighted by molar-refractivity contribution is 5.55. The van der Waals surface area contributed by atoms with Crippen LogP contribution in [0.15, 0.2) is 36.4 Å². The molecule has 3 atom stereocenters. The molecule has 1 saturated heterocycles. The lowest BCUT2D eigenvalue weighted by atomic mass is 9.68. The van der Waals surface area contributed by atoms with Crippen LogP contribution >= 0.6 is 0 Å². The third kappa shape index (κ3) is 4.30. The van der Waals surface area contributed by atoms with Crippen LogP contribution in [0, 0.1) is 16.7 Å². The molecule has 2 aromatic rings. The first kappa shape index (κ1) is 22.5. The van der Waals surface area contributed by atoms with Gasteiger partial charge in [-0.3, -0.25) is 4.90 Å². The van der Waals surface area contributed by atoms with E-state index in [0.717, 1.165) is 56.2 Å². The van der Waals surface area contributed by atoms with Gasteiger partial charge in [-0.1, -0.05) is 51.1 Å². The first-order valence-corrected chi connectivity index (χ1v) is 12.6. The summed E-state index contributed by atoms with van der Waals surface area (Å²) in [5.74, 6) is 3.61. The molecule has 1 N–H and O–H groups in total. The number of nitrogens with zero attached hydrogens (tertiary/aromatic N) is 5. The standard InChI is InChI=1S/C27H40N6/c1-26(2)21-11-12-27(3,18-21)24(26)28-22-17-23(31(4)5)30-25(29-22)33-15-13-32(14-16-33)19-20-9-7-6-8-10-20/h6-10,17,21,24H,11-16,18-19H2,1-5H3,(H,28,29,30). The Hall–Kier alpha value is -2.34. The van der Waals surface area contributed by atoms with Crippen molar-refractivity contribution < 1.29 is 0 Å². The van der Waals surface area contributed by atoms with Crippen LogP contribution in [0.5, 0.6) is 0 Å². The summed E-state index contributed by atoms with van der Waals surface area (Å²) in [6.07, 6.45) is 4.02. The third-order valence-corrected chi connectivity index (χ3v) is 8.63. The van der Waals surface area contributed by atoms with Gasteiger partial charge in [0.1, 0.15) is 11.6 Å². The lowest BCUT2D eigenvalue weighted by molar-refractivity contribution is 0.155. The van der Waals surface area contributed by atoms with Gasteiger partial charge in [0.05, 0.1) is 0 Å². The van der Waals surface area contributed by atoms with E-state index in [1.807, 2.05) is 0 Å². The second-order valence-corrected chi connectivity index (χ2v) is 11.5. The van der Waals surface area contributed by atoms with Crippen molar-refractivity contribution in [1.82, 2.24) is 14.9 Å². The van der Waals surface area contributed by atoms with Crippen molar-refractivity contribution in [3.63, 3.8) is 0 Å². The fourth-order valence-corrected chi connectivity index (χ4v) is 6.62. The van der Waals surface area contributed by atoms with Crippen LogP contribution in [0.2, 0.25) is 0 Å². The molecule has 178 valence electrons. The number of fused-ring (bicyclic) bond motifs is 2. The number of hydrogen-bond acceptors (Lipinski definition) is 6. The number of rotatable bonds is 6. The molecular weight excluding hydrogens is 408 g/mol. The number of piperazine rings is 1. The minimum atomic E-state index is 0.291. The first-order chi connectivity index (χ1) is 15.7. The van der Waals surface area contributed by atoms with Crippen molar-refractivity contribution in [1.29, 1.82) is 0 Å². The van der Waals surface area contributed by atoms with E-state index >= 15 is 0 Å². The Morgan fingerprint density at radius 3 is 2.39 bits per heavy atom. The van der Waals surface area contributed by atoms with Crippen molar-refractivity contribution in [3.05, 3.63) is 42.0 Å². The van der Waals surface area contributed by atoms with Crippen LogP contribution < -0.4 is 15.1 Å². The van der Waals surface area contributed by atoms with E-state index in [-0.39, 0.29) is 0 Å². The Balaban J connectivity index is 1.32. The number of aromatic nitrogens is 2. The number of benzene rings is 1. The highest BCUT2D eigenvalue weighted by Crippen LogP contribution is 2.63. The summed E-state index contributed by atoms with van der Waals surface area (Å²) in [6.45, 7) is 12.3. The smallest absolute Gasteiger partial charge is 0.229 e. The zero-order chi connectivity index (χ0) is 23.2. The predicted molar refractivity (Wildman–Crippen MR) is 137 cm³/mol. The SMILES string of the molecule is CN(C)c1cc(NC2C3(C)CCC(C3)C2(C)C)nc(N2CCN(Cc3ccccc3)CC2)n1. The maximum atomic E-state index is 5.05. The molecular formula is C27H40N6. The molecule has 2 aliphatic carbocycles. The van der Waals surface area contributed by atoms with Gasteiger partial charge in [-0.05, 0) is 41.6 Å². The van der Waals surface area contributed by atoms with Crippen molar-refractivity contribution in [2.24, 2.45) is 16.7 Å². The van der Waals surface area contributed by atoms with Crippen LogP contribution in [-0.4, -0.2) is 61.2 Å². The van der Waals surface area contributed by atoms with Gasteiger partial charge in [-0.15, -0.1) is 0 Å². The first-order valence-electron chi connectivity index (χ1n) is 12.6. The van der Waals surface area contributed by atoms with Crippen LogP contribution in [0.4, 0.5) is 17.6 Å². The van der Waals surface area contributed by atoms with Crippen molar-refractivity contribution in [2.75, 3.05) is 55.4 Å². The topological polar surface area (TPSA) is 47.5 Å². The summed E-state index contributed by atoms with van der Waals surface area (Å²) in [6, 6.07) is 13.3. The molecule has 0 radical (unpaired) electrons. The van der Waals surface area contributed by atoms with Gasteiger partial charge in [0.15, 0.2) is 0 Å². The monoisotopic (exact) mass is 448 g/mol. The molecule has 0 spiro atoms. The molecule has 3 aliphatic rings. The average Bonchev–Trinajstić information content (AvgIpc) is 3.29. The molecule has 6 nitrogen and oxygen atoms in total. The molecule has 2 saturated carbocycles. The largest absolute Gasteiger partial charge is 0.366 e. The van der Waals surface area contributed by atoms with Crippen LogP contribution in [0.3, 0.4) is 0 Å². The zero-order valence-corrected chi connectivity index (χ0v) is 21.0. The highest BCUT2D eigenvalue weighted by Gasteiger charge is 2.59. The molecule has 6 heteroatoms. The van der Waals surface area contributed by atoms with Gasteiger partial charge in [-0.25, -0.2) is 0 Å². The van der Waals surface area contributed by atoms with E-state index < -0.39 is 0 Å². The Kier molecular flexibility index (Phi) is 5.76. The van der Waals surface area contributed by atoms with E-state index in [1.54, 1.807) is 0 Å². The van der Waals surface area contributed by atoms with Crippen molar-refractivity contribution >= 4 is 17.6 Å². The Morgan fingerprint density at radius 2 is 1.76 bits per heavy atom. The van der Waals surface area contributed by atoms with Gasteiger partial charge in [0.25, 0.3) is 0 Å². The minimum absolute atomic E-state index is 0.291. The fourth-order valence-electron chi connectivity index (χ4n) is 6.62. The van der Waals surface area contributed by atoms with Crippen LogP contribution in [0.25, 0.3) is 0 Å². The Labute approximate surface area is 199 Å². The summed E-state index contributed by atoms with van der Waals surface area (Å²) in [7, 11) is 4.13. The van der Waals surface area contributed by atoms with Crippen LogP contribution in [-0.2, 0) is 6.54 Å². The molecule has 1 aromatic carbocycles. The average molecular weight is 449 g/mol. The summed E-state index contributed by atoms with van der Waals surface area (Å²) in [4.78, 5) is 16.9. The number of anilines is 3. The molecule has 5 rings (SSSR count). The van der Waals surface area contributed by atoms with E-state index in [9.17, 15) is 0 Å². The molecule has 2 heterocycles. The second-order valence-electron chi connectivity index (χ2n) is 11.5. The minimum Gasteiger partial charge on any atom is -0.366 e. The number of hydrogen-bond donors (Lipinski definition) is 1. The van der Waals surface area contributed by atoms with Gasteiger partial charge >= 0.3 is 0 Å². The lowest BCUT2D eigenvalue weighted by Gasteiger charge is -2.43.